The van der Waals surface area contributed by atoms with Gasteiger partial charge in [-0.15, -0.1) is 23.5 Å². The number of hydrogen-bond donors (Lipinski definition) is 2. The van der Waals surface area contributed by atoms with E-state index < -0.39 is 0 Å². The number of nitrogens with zero attached hydrogens (tertiary/aromatic N) is 3. The molecule has 138 valence electrons. The molecule has 1 aromatic heterocycles. The van der Waals surface area contributed by atoms with Crippen LogP contribution >= 0.6 is 23.5 Å². The molecule has 9 heteroatoms. The van der Waals surface area contributed by atoms with Gasteiger partial charge in [0.2, 0.25) is 11.8 Å². The van der Waals surface area contributed by atoms with Crippen LogP contribution in [0.15, 0.2) is 6.33 Å². The first-order valence-corrected chi connectivity index (χ1v) is 10.8. The second-order valence-electron chi connectivity index (χ2n) is 6.77. The number of aryl methyl sites for hydroxylation is 1. The fraction of sp³-hybridized carbons (Fsp3) is 0.750. The summed E-state index contributed by atoms with van der Waals surface area (Å²) in [6.45, 7) is 5.33. The van der Waals surface area contributed by atoms with Crippen LogP contribution < -0.4 is 10.6 Å². The van der Waals surface area contributed by atoms with Crippen LogP contribution in [0.5, 0.6) is 0 Å². The van der Waals surface area contributed by atoms with Gasteiger partial charge in [0, 0.05) is 43.0 Å². The zero-order chi connectivity index (χ0) is 17.8. The largest absolute Gasteiger partial charge is 0.354 e. The number of hydrogen-bond acceptors (Lipinski definition) is 6. The van der Waals surface area contributed by atoms with Crippen LogP contribution in [0.1, 0.15) is 26.1 Å². The van der Waals surface area contributed by atoms with Gasteiger partial charge in [-0.1, -0.05) is 13.8 Å². The molecule has 0 spiro atoms. The molecule has 7 nitrogen and oxygen atoms in total. The van der Waals surface area contributed by atoms with Gasteiger partial charge in [-0.25, -0.2) is 4.98 Å². The van der Waals surface area contributed by atoms with Crippen LogP contribution in [-0.2, 0) is 22.6 Å². The molecular weight excluding hydrogens is 358 g/mol. The van der Waals surface area contributed by atoms with Crippen molar-refractivity contribution < 1.29 is 9.59 Å². The van der Waals surface area contributed by atoms with E-state index >= 15 is 0 Å². The van der Waals surface area contributed by atoms with Crippen LogP contribution in [0.3, 0.4) is 0 Å². The predicted octanol–water partition coefficient (Wildman–Crippen LogP) is 0.904. The molecule has 0 radical (unpaired) electrons. The highest BCUT2D eigenvalue weighted by molar-refractivity contribution is 8.21. The molecule has 1 saturated heterocycles. The fourth-order valence-electron chi connectivity index (χ4n) is 3.03. The fourth-order valence-corrected chi connectivity index (χ4v) is 5.63. The van der Waals surface area contributed by atoms with Crippen molar-refractivity contribution in [2.75, 3.05) is 18.1 Å². The smallest absolute Gasteiger partial charge is 0.243 e. The third-order valence-corrected chi connectivity index (χ3v) is 7.64. The minimum Gasteiger partial charge on any atom is -0.354 e. The van der Waals surface area contributed by atoms with Gasteiger partial charge in [0.25, 0.3) is 0 Å². The Balaban J connectivity index is 1.49. The maximum atomic E-state index is 12.5. The van der Waals surface area contributed by atoms with E-state index in [1.807, 2.05) is 4.68 Å². The van der Waals surface area contributed by atoms with Gasteiger partial charge in [0.1, 0.15) is 16.7 Å². The summed E-state index contributed by atoms with van der Waals surface area (Å²) >= 11 is 3.39. The standard InChI is InChI=1S/C16H25N5O2S2/c1-10(2)12(20-15(23)16-24-5-6-25-16)8-17-14(22)11-3-4-21-13(7-11)18-9-19-21/h9-12,16H,3-8H2,1-2H3,(H,17,22)(H,20,23). The lowest BCUT2D eigenvalue weighted by Crippen LogP contribution is -2.49. The van der Waals surface area contributed by atoms with Crippen molar-refractivity contribution in [3.05, 3.63) is 12.2 Å². The minimum absolute atomic E-state index is 0.0124. The average molecular weight is 384 g/mol. The van der Waals surface area contributed by atoms with Crippen molar-refractivity contribution >= 4 is 35.3 Å². The number of fused-ring (bicyclic) bond motifs is 1. The Hall–Kier alpha value is -1.22. The SMILES string of the molecule is CC(C)C(CNC(=O)C1CCn2ncnc2C1)NC(=O)C1SCCS1. The van der Waals surface area contributed by atoms with Crippen LogP contribution in [0.2, 0.25) is 0 Å². The van der Waals surface area contributed by atoms with Gasteiger partial charge >= 0.3 is 0 Å². The third-order valence-electron chi connectivity index (χ3n) is 4.65. The van der Waals surface area contributed by atoms with E-state index in [1.165, 1.54) is 0 Å². The molecule has 0 aromatic carbocycles. The molecule has 1 aromatic rings. The van der Waals surface area contributed by atoms with Gasteiger partial charge < -0.3 is 10.6 Å². The highest BCUT2D eigenvalue weighted by Gasteiger charge is 2.29. The first kappa shape index (κ1) is 18.6. The monoisotopic (exact) mass is 383 g/mol. The number of thioether (sulfide) groups is 2. The summed E-state index contributed by atoms with van der Waals surface area (Å²) in [4.78, 5) is 29.0. The zero-order valence-corrected chi connectivity index (χ0v) is 16.2. The Bertz CT molecular complexity index is 615. The normalized spacial score (nSPS) is 21.8. The molecule has 2 atom stereocenters. The first-order valence-electron chi connectivity index (χ1n) is 8.72. The third kappa shape index (κ3) is 4.69. The minimum atomic E-state index is -0.0684. The highest BCUT2D eigenvalue weighted by atomic mass is 32.2. The Morgan fingerprint density at radius 2 is 2.08 bits per heavy atom. The first-order chi connectivity index (χ1) is 12.0. The van der Waals surface area contributed by atoms with Crippen LogP contribution in [0.4, 0.5) is 0 Å². The molecule has 2 N–H and O–H groups in total. The van der Waals surface area contributed by atoms with E-state index in [0.29, 0.717) is 13.0 Å². The van der Waals surface area contributed by atoms with E-state index in [2.05, 4.69) is 34.6 Å². The lowest BCUT2D eigenvalue weighted by molar-refractivity contribution is -0.126. The van der Waals surface area contributed by atoms with E-state index in [0.717, 1.165) is 30.3 Å². The van der Waals surface area contributed by atoms with Gasteiger partial charge in [-0.05, 0) is 12.3 Å². The van der Waals surface area contributed by atoms with Gasteiger partial charge in [-0.2, -0.15) is 5.10 Å². The van der Waals surface area contributed by atoms with Crippen LogP contribution in [0.25, 0.3) is 0 Å². The van der Waals surface area contributed by atoms with Gasteiger partial charge in [-0.3, -0.25) is 14.3 Å². The second-order valence-corrected chi connectivity index (χ2v) is 9.49. The summed E-state index contributed by atoms with van der Waals surface area (Å²) in [5, 5.41) is 10.3. The van der Waals surface area contributed by atoms with E-state index in [1.54, 1.807) is 29.9 Å². The highest BCUT2D eigenvalue weighted by Crippen LogP contribution is 2.32. The molecule has 2 amide bonds. The Morgan fingerprint density at radius 1 is 1.32 bits per heavy atom. The van der Waals surface area contributed by atoms with Gasteiger partial charge in [0.05, 0.1) is 0 Å². The lowest BCUT2D eigenvalue weighted by Gasteiger charge is -2.26. The summed E-state index contributed by atoms with van der Waals surface area (Å²) in [6, 6.07) is -0.0505. The number of carbonyl (C=O) groups excluding carboxylic acids is 2. The molecule has 1 fully saturated rings. The molecule has 2 unspecified atom stereocenters. The topological polar surface area (TPSA) is 88.9 Å². The molecule has 0 saturated carbocycles. The van der Waals surface area contributed by atoms with Gasteiger partial charge in [0.15, 0.2) is 0 Å². The van der Waals surface area contributed by atoms with Crippen molar-refractivity contribution in [3.63, 3.8) is 0 Å². The number of rotatable bonds is 6. The zero-order valence-electron chi connectivity index (χ0n) is 14.6. The maximum Gasteiger partial charge on any atom is 0.243 e. The molecule has 3 rings (SSSR count). The van der Waals surface area contributed by atoms with Crippen molar-refractivity contribution in [1.82, 2.24) is 25.4 Å². The van der Waals surface area contributed by atoms with Crippen molar-refractivity contribution in [2.24, 2.45) is 11.8 Å². The van der Waals surface area contributed by atoms with Crippen LogP contribution in [0, 0.1) is 11.8 Å². The van der Waals surface area contributed by atoms with Crippen molar-refractivity contribution in [2.45, 2.75) is 43.9 Å². The lowest BCUT2D eigenvalue weighted by atomic mass is 9.96. The molecule has 0 bridgehead atoms. The van der Waals surface area contributed by atoms with E-state index in [-0.39, 0.29) is 34.3 Å². The van der Waals surface area contributed by atoms with E-state index in [4.69, 9.17) is 0 Å². The number of aromatic nitrogens is 3. The number of carbonyl (C=O) groups is 2. The van der Waals surface area contributed by atoms with Crippen LogP contribution in [-0.4, -0.2) is 55.3 Å². The summed E-state index contributed by atoms with van der Waals surface area (Å²) in [7, 11) is 0. The maximum absolute atomic E-state index is 12.5. The Labute approximate surface area is 156 Å². The molecule has 0 aliphatic carbocycles. The second kappa shape index (κ2) is 8.44. The summed E-state index contributed by atoms with van der Waals surface area (Å²) < 4.78 is 1.85. The molecule has 2 aliphatic heterocycles. The predicted molar refractivity (Wildman–Crippen MR) is 100 cm³/mol. The summed E-state index contributed by atoms with van der Waals surface area (Å²) in [6.07, 6.45) is 2.94. The summed E-state index contributed by atoms with van der Waals surface area (Å²) in [5.74, 6) is 3.23. The van der Waals surface area contributed by atoms with Crippen molar-refractivity contribution in [1.29, 1.82) is 0 Å². The van der Waals surface area contributed by atoms with Crippen molar-refractivity contribution in [3.8, 4) is 0 Å². The molecule has 3 heterocycles. The quantitative estimate of drug-likeness (QED) is 0.759. The Morgan fingerprint density at radius 3 is 2.80 bits per heavy atom. The summed E-state index contributed by atoms with van der Waals surface area (Å²) in [5.41, 5.74) is 0. The average Bonchev–Trinajstić information content (AvgIpc) is 3.28. The number of nitrogens with one attached hydrogen (secondary N) is 2. The molecule has 25 heavy (non-hydrogen) atoms. The van der Waals surface area contributed by atoms with E-state index in [9.17, 15) is 9.59 Å². The molecular formula is C16H25N5O2S2. The molecule has 2 aliphatic rings. The number of amides is 2. The Kier molecular flexibility index (Phi) is 6.27.